The lowest BCUT2D eigenvalue weighted by atomic mass is 10.0. The molecule has 1 rings (SSSR count). The number of unbranched alkanes of at least 4 members (excludes halogenated alkanes) is 12. The van der Waals surface area contributed by atoms with Crippen LogP contribution in [0, 0.1) is 0 Å². The molecule has 0 bridgehead atoms. The summed E-state index contributed by atoms with van der Waals surface area (Å²) in [5.74, 6) is 0. The molecule has 0 radical (unpaired) electrons. The number of hydrogen-bond donors (Lipinski definition) is 3. The number of allylic oxidation sites excluding steroid dienone is 1. The van der Waals surface area contributed by atoms with Gasteiger partial charge in [0.05, 0.1) is 19.8 Å². The van der Waals surface area contributed by atoms with Crippen molar-refractivity contribution in [2.75, 3.05) is 19.8 Å². The fraction of sp³-hybridized carbons (Fsp3) is 0.913. The van der Waals surface area contributed by atoms with Gasteiger partial charge < -0.3 is 24.8 Å². The largest absolute Gasteiger partial charge is 0.388 e. The van der Waals surface area contributed by atoms with E-state index >= 15 is 0 Å². The fourth-order valence-corrected chi connectivity index (χ4v) is 3.55. The minimum absolute atomic E-state index is 0.0288. The van der Waals surface area contributed by atoms with Gasteiger partial charge in [0.2, 0.25) is 0 Å². The highest BCUT2D eigenvalue weighted by atomic mass is 16.6. The molecule has 1 fully saturated rings. The normalized spacial score (nSPS) is 25.6. The van der Waals surface area contributed by atoms with Gasteiger partial charge in [-0.05, 0) is 12.8 Å². The average Bonchev–Trinajstić information content (AvgIpc) is 2.70. The molecule has 0 aromatic carbocycles. The van der Waals surface area contributed by atoms with E-state index in [1.807, 2.05) is 6.08 Å². The Morgan fingerprint density at radius 3 is 1.96 bits per heavy atom. The summed E-state index contributed by atoms with van der Waals surface area (Å²) in [4.78, 5) is 0. The standard InChI is InChI=1S/C23H44O5/c1-2-3-4-5-6-7-8-9-10-11-12-13-14-15-16-17-27-19-21-23(26)22(25)20(24)18-28-21/h15-16,20-26H,2-14,17-19H2,1H3/b16-15+/t20-,21+,22+,23+/m0/s1. The van der Waals surface area contributed by atoms with Crippen LogP contribution in [0.2, 0.25) is 0 Å². The highest BCUT2D eigenvalue weighted by Gasteiger charge is 2.37. The molecule has 1 aliphatic rings. The van der Waals surface area contributed by atoms with Crippen molar-refractivity contribution < 1.29 is 24.8 Å². The summed E-state index contributed by atoms with van der Waals surface area (Å²) in [7, 11) is 0. The van der Waals surface area contributed by atoms with Gasteiger partial charge in [-0.2, -0.15) is 0 Å². The van der Waals surface area contributed by atoms with Crippen LogP contribution in [0.1, 0.15) is 90.4 Å². The Morgan fingerprint density at radius 1 is 0.786 bits per heavy atom. The second-order valence-electron chi connectivity index (χ2n) is 8.11. The average molecular weight is 401 g/mol. The maximum Gasteiger partial charge on any atom is 0.111 e. The zero-order valence-electron chi connectivity index (χ0n) is 17.9. The zero-order chi connectivity index (χ0) is 20.5. The molecule has 0 saturated carbocycles. The molecule has 0 aliphatic carbocycles. The van der Waals surface area contributed by atoms with Gasteiger partial charge in [-0.15, -0.1) is 0 Å². The van der Waals surface area contributed by atoms with Crippen LogP contribution in [0.3, 0.4) is 0 Å². The van der Waals surface area contributed by atoms with Gasteiger partial charge in [-0.3, -0.25) is 0 Å². The van der Waals surface area contributed by atoms with Crippen LogP contribution in [0.4, 0.5) is 0 Å². The van der Waals surface area contributed by atoms with Crippen molar-refractivity contribution in [1.29, 1.82) is 0 Å². The Balaban J connectivity index is 1.82. The van der Waals surface area contributed by atoms with Crippen molar-refractivity contribution in [3.8, 4) is 0 Å². The summed E-state index contributed by atoms with van der Waals surface area (Å²) in [5.41, 5.74) is 0. The van der Waals surface area contributed by atoms with Gasteiger partial charge in [-0.25, -0.2) is 0 Å². The van der Waals surface area contributed by atoms with Gasteiger partial charge in [0.25, 0.3) is 0 Å². The molecular weight excluding hydrogens is 356 g/mol. The first-order valence-corrected chi connectivity index (χ1v) is 11.5. The second kappa shape index (κ2) is 17.4. The molecule has 5 heteroatoms. The monoisotopic (exact) mass is 400 g/mol. The number of aliphatic hydroxyl groups is 3. The quantitative estimate of drug-likeness (QED) is 0.253. The Labute approximate surface area is 172 Å². The summed E-state index contributed by atoms with van der Waals surface area (Å²) >= 11 is 0. The number of hydrogen-bond acceptors (Lipinski definition) is 5. The molecule has 4 atom stereocenters. The fourth-order valence-electron chi connectivity index (χ4n) is 3.55. The van der Waals surface area contributed by atoms with E-state index in [1.54, 1.807) is 0 Å². The van der Waals surface area contributed by atoms with Crippen LogP contribution in [0.15, 0.2) is 12.2 Å². The molecule has 0 spiro atoms. The first-order valence-electron chi connectivity index (χ1n) is 11.5. The summed E-state index contributed by atoms with van der Waals surface area (Å²) in [6.45, 7) is 2.99. The van der Waals surface area contributed by atoms with Crippen molar-refractivity contribution in [2.45, 2.75) is 115 Å². The van der Waals surface area contributed by atoms with E-state index in [-0.39, 0.29) is 13.2 Å². The maximum absolute atomic E-state index is 9.81. The van der Waals surface area contributed by atoms with Crippen molar-refractivity contribution >= 4 is 0 Å². The van der Waals surface area contributed by atoms with E-state index in [0.717, 1.165) is 6.42 Å². The predicted molar refractivity (Wildman–Crippen MR) is 113 cm³/mol. The third-order valence-corrected chi connectivity index (χ3v) is 5.49. The van der Waals surface area contributed by atoms with Gasteiger partial charge in [0, 0.05) is 0 Å². The maximum atomic E-state index is 9.81. The Kier molecular flexibility index (Phi) is 15.9. The second-order valence-corrected chi connectivity index (χ2v) is 8.11. The van der Waals surface area contributed by atoms with E-state index in [1.165, 1.54) is 77.0 Å². The first-order chi connectivity index (χ1) is 13.7. The Morgan fingerprint density at radius 2 is 1.36 bits per heavy atom. The van der Waals surface area contributed by atoms with Crippen LogP contribution in [0.25, 0.3) is 0 Å². The Hall–Kier alpha value is -0.460. The van der Waals surface area contributed by atoms with E-state index in [0.29, 0.717) is 6.61 Å². The van der Waals surface area contributed by atoms with Gasteiger partial charge in [-0.1, -0.05) is 89.7 Å². The number of aliphatic hydroxyl groups excluding tert-OH is 3. The third kappa shape index (κ3) is 12.2. The summed E-state index contributed by atoms with van der Waals surface area (Å²) in [6, 6.07) is 0. The third-order valence-electron chi connectivity index (χ3n) is 5.49. The number of ether oxygens (including phenoxy) is 2. The van der Waals surface area contributed by atoms with Gasteiger partial charge >= 0.3 is 0 Å². The van der Waals surface area contributed by atoms with Crippen LogP contribution in [-0.2, 0) is 9.47 Å². The Bertz CT molecular complexity index is 374. The molecule has 1 aliphatic heterocycles. The van der Waals surface area contributed by atoms with E-state index in [9.17, 15) is 15.3 Å². The minimum atomic E-state index is -1.16. The molecule has 0 aromatic rings. The highest BCUT2D eigenvalue weighted by molar-refractivity contribution is 4.87. The molecule has 0 aromatic heterocycles. The van der Waals surface area contributed by atoms with Crippen molar-refractivity contribution in [3.05, 3.63) is 12.2 Å². The van der Waals surface area contributed by atoms with Crippen LogP contribution in [-0.4, -0.2) is 59.6 Å². The van der Waals surface area contributed by atoms with Crippen LogP contribution >= 0.6 is 0 Å². The first kappa shape index (κ1) is 25.6. The van der Waals surface area contributed by atoms with Gasteiger partial charge in [0.15, 0.2) is 0 Å². The molecule has 0 amide bonds. The smallest absolute Gasteiger partial charge is 0.111 e. The molecule has 0 unspecified atom stereocenters. The molecule has 5 nitrogen and oxygen atoms in total. The van der Waals surface area contributed by atoms with E-state index in [4.69, 9.17) is 9.47 Å². The van der Waals surface area contributed by atoms with Crippen LogP contribution < -0.4 is 0 Å². The molecule has 166 valence electrons. The topological polar surface area (TPSA) is 79.2 Å². The molecule has 3 N–H and O–H groups in total. The van der Waals surface area contributed by atoms with Gasteiger partial charge in [0.1, 0.15) is 24.4 Å². The molecular formula is C23H44O5. The molecule has 1 heterocycles. The highest BCUT2D eigenvalue weighted by Crippen LogP contribution is 2.16. The van der Waals surface area contributed by atoms with Crippen molar-refractivity contribution in [3.63, 3.8) is 0 Å². The zero-order valence-corrected chi connectivity index (χ0v) is 17.9. The lowest BCUT2D eigenvalue weighted by Gasteiger charge is -2.34. The number of rotatable bonds is 17. The summed E-state index contributed by atoms with van der Waals surface area (Å²) < 4.78 is 10.8. The lowest BCUT2D eigenvalue weighted by molar-refractivity contribution is -0.198. The lowest BCUT2D eigenvalue weighted by Crippen LogP contribution is -2.54. The van der Waals surface area contributed by atoms with Crippen molar-refractivity contribution in [1.82, 2.24) is 0 Å². The van der Waals surface area contributed by atoms with Crippen LogP contribution in [0.5, 0.6) is 0 Å². The van der Waals surface area contributed by atoms with Crippen molar-refractivity contribution in [2.24, 2.45) is 0 Å². The molecule has 1 saturated heterocycles. The predicted octanol–water partition coefficient (Wildman–Crippen LogP) is 4.13. The molecule has 28 heavy (non-hydrogen) atoms. The minimum Gasteiger partial charge on any atom is -0.388 e. The SMILES string of the molecule is CCCCCCCCCCCCCC/C=C/COC[C@H]1OC[C@H](O)[C@@H](O)[C@@H]1O. The summed E-state index contributed by atoms with van der Waals surface area (Å²) in [5, 5.41) is 28.8. The van der Waals surface area contributed by atoms with E-state index in [2.05, 4.69) is 13.0 Å². The van der Waals surface area contributed by atoms with E-state index < -0.39 is 24.4 Å². The summed E-state index contributed by atoms with van der Waals surface area (Å²) in [6.07, 6.45) is 17.8.